The molecule has 0 amide bonds. The van der Waals surface area contributed by atoms with Crippen LogP contribution >= 0.6 is 23.5 Å². The number of anilines is 1. The zero-order chi connectivity index (χ0) is 34.9. The maximum Gasteiger partial charge on any atom is 0.490 e. The minimum Gasteiger partial charge on any atom is -0.417 e. The fourth-order valence-electron chi connectivity index (χ4n) is 4.69. The fourth-order valence-corrected chi connectivity index (χ4v) is 7.72. The van der Waals surface area contributed by atoms with E-state index in [1.165, 1.54) is 0 Å². The first-order valence-corrected chi connectivity index (χ1v) is 16.4. The minimum absolute atomic E-state index is 0.301. The number of nitro groups is 2. The molecular formula is C16H17N8O20P3. The maximum absolute atomic E-state index is 12.4. The first kappa shape index (κ1) is 34.3. The standard InChI is InChI=1S/C16H17N8O20P3/c17-15-19-12-9(13(25)20-15)18-4-21(12)14-11-10(6(40-14)3-39-46(35,36)44-47(37,38)43-45(32,33)34)41-16(42-11)7(23(28)29)1-5(22(26)27)2-8(16)24(30)31/h1-2,4,6,10-11,14H,3H2,(H,26,27)(H,35,36)(H,37,38)(H2,32,33,34)(H3,17,19,20,25)/t6-,10-,11?,14-/m1/s1. The van der Waals surface area contributed by atoms with Gasteiger partial charge >= 0.3 is 40.6 Å². The number of hydrogen-bond donors (Lipinski definition) is 7. The minimum atomic E-state index is -5.97. The van der Waals surface area contributed by atoms with Gasteiger partial charge in [0.05, 0.1) is 34.9 Å². The Labute approximate surface area is 255 Å². The Kier molecular flexibility index (Phi) is 8.47. The smallest absolute Gasteiger partial charge is 0.417 e. The molecule has 2 aromatic rings. The van der Waals surface area contributed by atoms with Crippen molar-refractivity contribution in [3.63, 3.8) is 0 Å². The number of aromatic nitrogens is 4. The molecule has 2 aliphatic heterocycles. The lowest BCUT2D eigenvalue weighted by atomic mass is 10.0. The van der Waals surface area contributed by atoms with E-state index in [4.69, 9.17) is 29.7 Å². The molecule has 0 radical (unpaired) electrons. The van der Waals surface area contributed by atoms with Crippen molar-refractivity contribution in [3.8, 4) is 0 Å². The molecule has 256 valence electrons. The van der Waals surface area contributed by atoms with Crippen molar-refractivity contribution in [2.45, 2.75) is 30.3 Å². The van der Waals surface area contributed by atoms with Crippen molar-refractivity contribution in [3.05, 3.63) is 65.7 Å². The van der Waals surface area contributed by atoms with Gasteiger partial charge in [-0.25, -0.2) is 18.7 Å². The Morgan fingerprint density at radius 2 is 1.62 bits per heavy atom. The van der Waals surface area contributed by atoms with Crippen molar-refractivity contribution in [1.82, 2.24) is 19.5 Å². The molecule has 3 aliphatic rings. The fraction of sp³-hybridized carbons (Fsp3) is 0.375. The van der Waals surface area contributed by atoms with Gasteiger partial charge in [0.25, 0.3) is 11.3 Å². The van der Waals surface area contributed by atoms with Crippen LogP contribution in [-0.4, -0.2) is 95.5 Å². The van der Waals surface area contributed by atoms with E-state index in [1.54, 1.807) is 0 Å². The number of nitrogens with two attached hydrogens (primary N) is 1. The van der Waals surface area contributed by atoms with E-state index >= 15 is 0 Å². The largest absolute Gasteiger partial charge is 0.490 e. The summed E-state index contributed by atoms with van der Waals surface area (Å²) < 4.78 is 65.0. The molecule has 31 heteroatoms. The molecule has 4 heterocycles. The molecule has 28 nitrogen and oxygen atoms in total. The van der Waals surface area contributed by atoms with Gasteiger partial charge in [-0.3, -0.25) is 44.3 Å². The highest BCUT2D eigenvalue weighted by Gasteiger charge is 2.70. The molecule has 2 fully saturated rings. The van der Waals surface area contributed by atoms with Gasteiger partial charge < -0.3 is 44.7 Å². The van der Waals surface area contributed by atoms with Crippen LogP contribution in [-0.2, 0) is 41.1 Å². The SMILES string of the molecule is Nc1nc2c(ncn2[C@@H]2O[C@H](COP(=O)(O)OP(=O)(O)OP(=O)(O)O)[C@H]3OC4(OC23)C([N+](=O)[O-])=CC(=[N+]([O-])O)C=C4[N+](=O)[O-])c(=O)[nH]1. The number of imidazole rings is 1. The van der Waals surface area contributed by atoms with Crippen LogP contribution in [0.3, 0.4) is 0 Å². The average molecular weight is 734 g/mol. The normalized spacial score (nSPS) is 28.4. The summed E-state index contributed by atoms with van der Waals surface area (Å²) in [5.41, 5.74) is 0.505. The summed E-state index contributed by atoms with van der Waals surface area (Å²) in [5, 5.41) is 44.9. The molecule has 0 bridgehead atoms. The van der Waals surface area contributed by atoms with Gasteiger partial charge in [-0.2, -0.15) is 13.6 Å². The van der Waals surface area contributed by atoms with Crippen LogP contribution in [0.2, 0.25) is 0 Å². The first-order valence-electron chi connectivity index (χ1n) is 11.9. The molecule has 0 aromatic carbocycles. The third-order valence-corrected chi connectivity index (χ3v) is 10.1. The number of phosphoric acid groups is 3. The molecule has 1 spiro atoms. The number of nitrogens with zero attached hydrogens (tertiary/aromatic N) is 6. The van der Waals surface area contributed by atoms with Crippen molar-refractivity contribution >= 4 is 46.3 Å². The van der Waals surface area contributed by atoms with E-state index in [-0.39, 0.29) is 11.2 Å². The Balaban J connectivity index is 1.56. The summed E-state index contributed by atoms with van der Waals surface area (Å²) in [4.78, 5) is 79.8. The number of ether oxygens (including phenoxy) is 3. The van der Waals surface area contributed by atoms with Gasteiger partial charge in [0.15, 0.2) is 17.4 Å². The zero-order valence-corrected chi connectivity index (χ0v) is 24.9. The number of allylic oxidation sites excluding steroid dienone is 2. The Morgan fingerprint density at radius 3 is 2.17 bits per heavy atom. The third-order valence-electron chi connectivity index (χ3n) is 6.29. The van der Waals surface area contributed by atoms with E-state index in [0.29, 0.717) is 12.2 Å². The highest BCUT2D eigenvalue weighted by atomic mass is 31.3. The van der Waals surface area contributed by atoms with Crippen LogP contribution in [0, 0.1) is 25.4 Å². The molecule has 1 aliphatic carbocycles. The van der Waals surface area contributed by atoms with Gasteiger partial charge in [-0.1, -0.05) is 0 Å². The zero-order valence-electron chi connectivity index (χ0n) is 22.2. The van der Waals surface area contributed by atoms with Crippen LogP contribution < -0.4 is 11.3 Å². The summed E-state index contributed by atoms with van der Waals surface area (Å²) in [7, 11) is -17.5. The number of aromatic amines is 1. The first-order chi connectivity index (χ1) is 21.6. The lowest BCUT2D eigenvalue weighted by Crippen LogP contribution is -2.46. The van der Waals surface area contributed by atoms with Gasteiger partial charge in [-0.05, 0) is 0 Å². The van der Waals surface area contributed by atoms with E-state index < -0.39 is 104 Å². The van der Waals surface area contributed by atoms with Gasteiger partial charge in [0, 0.05) is 4.90 Å². The maximum atomic E-state index is 12.4. The number of nitrogen functional groups attached to an aromatic ring is 1. The molecule has 2 saturated heterocycles. The van der Waals surface area contributed by atoms with Crippen LogP contribution in [0.4, 0.5) is 5.95 Å². The van der Waals surface area contributed by atoms with Crippen molar-refractivity contribution in [1.29, 1.82) is 0 Å². The van der Waals surface area contributed by atoms with Crippen molar-refractivity contribution in [2.75, 3.05) is 12.3 Å². The number of H-pyrrole nitrogens is 1. The van der Waals surface area contributed by atoms with E-state index in [2.05, 4.69) is 28.1 Å². The summed E-state index contributed by atoms with van der Waals surface area (Å²) in [6.07, 6.45) is -5.32. The van der Waals surface area contributed by atoms with Gasteiger partial charge in [-0.15, -0.1) is 0 Å². The second-order valence-electron chi connectivity index (χ2n) is 9.28. The predicted octanol–water partition coefficient (Wildman–Crippen LogP) is -1.90. The number of rotatable bonds is 10. The summed E-state index contributed by atoms with van der Waals surface area (Å²) in [5.74, 6) is -3.51. The quantitative estimate of drug-likeness (QED) is 0.0460. The van der Waals surface area contributed by atoms with Gasteiger partial charge in [0.2, 0.25) is 5.95 Å². The topological polar surface area (TPSA) is 410 Å². The van der Waals surface area contributed by atoms with E-state index in [0.717, 1.165) is 10.9 Å². The molecule has 2 aromatic heterocycles. The van der Waals surface area contributed by atoms with Crippen molar-refractivity contribution in [2.24, 2.45) is 0 Å². The van der Waals surface area contributed by atoms with Crippen LogP contribution in [0.1, 0.15) is 6.23 Å². The van der Waals surface area contributed by atoms with E-state index in [1.807, 2.05) is 0 Å². The second-order valence-corrected chi connectivity index (χ2v) is 13.7. The number of nitrogens with one attached hydrogen (secondary N) is 1. The van der Waals surface area contributed by atoms with Crippen LogP contribution in [0.15, 0.2) is 34.7 Å². The second kappa shape index (κ2) is 11.6. The van der Waals surface area contributed by atoms with Crippen LogP contribution in [0.25, 0.3) is 11.2 Å². The van der Waals surface area contributed by atoms with E-state index in [9.17, 15) is 58.9 Å². The Bertz CT molecular complexity index is 1940. The monoisotopic (exact) mass is 734 g/mol. The predicted molar refractivity (Wildman–Crippen MR) is 139 cm³/mol. The molecule has 6 atom stereocenters. The number of hydrogen-bond acceptors (Lipinski definition) is 19. The van der Waals surface area contributed by atoms with Crippen LogP contribution in [0.5, 0.6) is 0 Å². The molecular weight excluding hydrogens is 717 g/mol. The molecule has 5 rings (SSSR count). The molecule has 8 N–H and O–H groups in total. The number of fused-ring (bicyclic) bond motifs is 2. The summed E-state index contributed by atoms with van der Waals surface area (Å²) in [6.45, 7) is -1.25. The lowest BCUT2D eigenvalue weighted by Gasteiger charge is -2.27. The molecule has 0 saturated carbocycles. The molecule has 47 heavy (non-hydrogen) atoms. The highest BCUT2D eigenvalue weighted by molar-refractivity contribution is 7.66. The average Bonchev–Trinajstić information content (AvgIpc) is 3.57. The lowest BCUT2D eigenvalue weighted by molar-refractivity contribution is -0.725. The Morgan fingerprint density at radius 1 is 1.02 bits per heavy atom. The van der Waals surface area contributed by atoms with Crippen molar-refractivity contribution < 1.29 is 80.6 Å². The Hall–Kier alpha value is -4.01. The highest BCUT2D eigenvalue weighted by Crippen LogP contribution is 2.66. The molecule has 3 unspecified atom stereocenters. The number of phosphoric ester groups is 1. The third kappa shape index (κ3) is 6.58. The summed E-state index contributed by atoms with van der Waals surface area (Å²) >= 11 is 0. The summed E-state index contributed by atoms with van der Waals surface area (Å²) in [6, 6.07) is 0. The van der Waals surface area contributed by atoms with Gasteiger partial charge in [0.1, 0.15) is 18.3 Å².